The number of hydrogen-bond donors (Lipinski definition) is 3. The van der Waals surface area contributed by atoms with E-state index in [1.54, 1.807) is 0 Å². The van der Waals surface area contributed by atoms with Crippen molar-refractivity contribution in [1.82, 2.24) is 5.32 Å². The molecule has 0 aliphatic rings. The van der Waals surface area contributed by atoms with E-state index in [9.17, 15) is 13.2 Å². The van der Waals surface area contributed by atoms with Crippen LogP contribution in [0.15, 0.2) is 53.4 Å². The lowest BCUT2D eigenvalue weighted by atomic mass is 9.94. The van der Waals surface area contributed by atoms with Crippen LogP contribution in [-0.2, 0) is 21.2 Å². The molecule has 0 aliphatic carbocycles. The molecule has 0 aliphatic heterocycles. The van der Waals surface area contributed by atoms with Crippen LogP contribution in [0.25, 0.3) is 0 Å². The predicted octanol–water partition coefficient (Wildman–Crippen LogP) is 3.21. The van der Waals surface area contributed by atoms with Gasteiger partial charge in [-0.1, -0.05) is 51.5 Å². The molecule has 0 fully saturated rings. The molecule has 0 radical (unpaired) electrons. The lowest BCUT2D eigenvalue weighted by Gasteiger charge is -2.23. The zero-order valence-corrected chi connectivity index (χ0v) is 17.4. The lowest BCUT2D eigenvalue weighted by Crippen LogP contribution is -2.33. The molecule has 2 rings (SSSR count). The molecule has 0 bridgehead atoms. The average molecular weight is 404 g/mol. The van der Waals surface area contributed by atoms with Crippen molar-refractivity contribution in [1.29, 1.82) is 0 Å². The molecule has 0 saturated carbocycles. The van der Waals surface area contributed by atoms with E-state index in [2.05, 4.69) is 55.7 Å². The molecule has 0 saturated heterocycles. The Morgan fingerprint density at radius 1 is 1.04 bits per heavy atom. The van der Waals surface area contributed by atoms with Gasteiger partial charge in [-0.3, -0.25) is 4.79 Å². The van der Waals surface area contributed by atoms with Gasteiger partial charge in [0.25, 0.3) is 0 Å². The van der Waals surface area contributed by atoms with Gasteiger partial charge in [0.05, 0.1) is 11.4 Å². The van der Waals surface area contributed by atoms with E-state index in [0.717, 1.165) is 18.4 Å². The number of benzene rings is 2. The van der Waals surface area contributed by atoms with Crippen LogP contribution in [0, 0.1) is 5.92 Å². The number of carbonyl (C=O) groups excluding carboxylic acids is 1. The van der Waals surface area contributed by atoms with Crippen molar-refractivity contribution < 1.29 is 13.2 Å². The van der Waals surface area contributed by atoms with Gasteiger partial charge in [0, 0.05) is 11.7 Å². The first-order valence-corrected chi connectivity index (χ1v) is 11.0. The standard InChI is InChI=1S/C21H29N3O3S/c1-4-5-16-6-8-17(9-7-16)21(15(2)3)23-14-20(25)24-18-10-12-19(13-11-18)28(22,26)27/h6-13,15,21,23H,4-5,14H2,1-3H3,(H,24,25)(H2,22,26,27)/t21-/m1/s1. The van der Waals surface area contributed by atoms with Crippen molar-refractivity contribution in [3.05, 3.63) is 59.7 Å². The molecule has 6 nitrogen and oxygen atoms in total. The molecule has 0 aromatic heterocycles. The average Bonchev–Trinajstić information content (AvgIpc) is 2.63. The zero-order chi connectivity index (χ0) is 20.7. The van der Waals surface area contributed by atoms with Gasteiger partial charge in [0.1, 0.15) is 0 Å². The number of sulfonamides is 1. The second-order valence-electron chi connectivity index (χ2n) is 7.21. The lowest BCUT2D eigenvalue weighted by molar-refractivity contribution is -0.115. The minimum Gasteiger partial charge on any atom is -0.325 e. The van der Waals surface area contributed by atoms with Crippen LogP contribution in [0.2, 0.25) is 0 Å². The number of nitrogens with one attached hydrogen (secondary N) is 2. The van der Waals surface area contributed by atoms with E-state index in [4.69, 9.17) is 5.14 Å². The summed E-state index contributed by atoms with van der Waals surface area (Å²) < 4.78 is 22.6. The van der Waals surface area contributed by atoms with E-state index in [-0.39, 0.29) is 23.4 Å². The normalized spacial score (nSPS) is 12.8. The summed E-state index contributed by atoms with van der Waals surface area (Å²) in [6.45, 7) is 6.53. The Labute approximate surface area is 167 Å². The highest BCUT2D eigenvalue weighted by Gasteiger charge is 2.17. The van der Waals surface area contributed by atoms with Crippen molar-refractivity contribution in [2.24, 2.45) is 11.1 Å². The smallest absolute Gasteiger partial charge is 0.238 e. The molecular weight excluding hydrogens is 374 g/mol. The fraction of sp³-hybridized carbons (Fsp3) is 0.381. The fourth-order valence-corrected chi connectivity index (χ4v) is 3.57. The number of rotatable bonds is 9. The predicted molar refractivity (Wildman–Crippen MR) is 112 cm³/mol. The molecular formula is C21H29N3O3S. The maximum atomic E-state index is 12.3. The number of amides is 1. The first-order chi connectivity index (χ1) is 13.2. The second kappa shape index (κ2) is 9.82. The van der Waals surface area contributed by atoms with E-state index in [1.165, 1.54) is 29.8 Å². The summed E-state index contributed by atoms with van der Waals surface area (Å²) in [7, 11) is -3.74. The van der Waals surface area contributed by atoms with E-state index < -0.39 is 10.0 Å². The number of nitrogens with two attached hydrogens (primary N) is 1. The van der Waals surface area contributed by atoms with Gasteiger partial charge < -0.3 is 10.6 Å². The molecule has 0 spiro atoms. The summed E-state index contributed by atoms with van der Waals surface area (Å²) in [5, 5.41) is 11.1. The molecule has 152 valence electrons. The SMILES string of the molecule is CCCc1ccc([C@H](NCC(=O)Nc2ccc(S(N)(=O)=O)cc2)C(C)C)cc1. The van der Waals surface area contributed by atoms with Crippen molar-refractivity contribution in [2.75, 3.05) is 11.9 Å². The molecule has 1 amide bonds. The topological polar surface area (TPSA) is 101 Å². The Bertz CT molecular complexity index is 876. The second-order valence-corrected chi connectivity index (χ2v) is 8.77. The van der Waals surface area contributed by atoms with Gasteiger partial charge in [-0.05, 0) is 47.7 Å². The Kier molecular flexibility index (Phi) is 7.74. The van der Waals surface area contributed by atoms with Crippen molar-refractivity contribution in [2.45, 2.75) is 44.6 Å². The molecule has 28 heavy (non-hydrogen) atoms. The monoisotopic (exact) mass is 403 g/mol. The summed E-state index contributed by atoms with van der Waals surface area (Å²) in [6, 6.07) is 14.4. The largest absolute Gasteiger partial charge is 0.325 e. The van der Waals surface area contributed by atoms with Crippen LogP contribution in [0.1, 0.15) is 44.4 Å². The molecule has 7 heteroatoms. The van der Waals surface area contributed by atoms with Gasteiger partial charge in [-0.25, -0.2) is 13.6 Å². The maximum Gasteiger partial charge on any atom is 0.238 e. The van der Waals surface area contributed by atoms with E-state index in [0.29, 0.717) is 11.6 Å². The summed E-state index contributed by atoms with van der Waals surface area (Å²) in [4.78, 5) is 12.3. The number of carbonyl (C=O) groups is 1. The highest BCUT2D eigenvalue weighted by molar-refractivity contribution is 7.89. The summed E-state index contributed by atoms with van der Waals surface area (Å²) in [5.41, 5.74) is 2.99. The molecule has 1 atom stereocenters. The Balaban J connectivity index is 1.96. The molecule has 2 aromatic rings. The highest BCUT2D eigenvalue weighted by atomic mass is 32.2. The Morgan fingerprint density at radius 2 is 1.64 bits per heavy atom. The first kappa shape index (κ1) is 22.1. The van der Waals surface area contributed by atoms with Crippen molar-refractivity contribution in [3.63, 3.8) is 0 Å². The van der Waals surface area contributed by atoms with Crippen LogP contribution in [0.5, 0.6) is 0 Å². The maximum absolute atomic E-state index is 12.3. The number of hydrogen-bond acceptors (Lipinski definition) is 4. The summed E-state index contributed by atoms with van der Waals surface area (Å²) in [5.74, 6) is 0.121. The number of primary sulfonamides is 1. The zero-order valence-electron chi connectivity index (χ0n) is 16.6. The van der Waals surface area contributed by atoms with Crippen molar-refractivity contribution >= 4 is 21.6 Å². The Morgan fingerprint density at radius 3 is 2.14 bits per heavy atom. The van der Waals surface area contributed by atoms with Gasteiger partial charge in [0.15, 0.2) is 0 Å². The molecule has 0 heterocycles. The fourth-order valence-electron chi connectivity index (χ4n) is 3.05. The third-order valence-electron chi connectivity index (χ3n) is 4.49. The van der Waals surface area contributed by atoms with Crippen LogP contribution in [-0.4, -0.2) is 20.9 Å². The van der Waals surface area contributed by atoms with Crippen LogP contribution >= 0.6 is 0 Å². The molecule has 0 unspecified atom stereocenters. The van der Waals surface area contributed by atoms with Gasteiger partial charge >= 0.3 is 0 Å². The van der Waals surface area contributed by atoms with E-state index >= 15 is 0 Å². The molecule has 2 aromatic carbocycles. The third-order valence-corrected chi connectivity index (χ3v) is 5.42. The summed E-state index contributed by atoms with van der Waals surface area (Å²) >= 11 is 0. The molecule has 4 N–H and O–H groups in total. The van der Waals surface area contributed by atoms with E-state index in [1.807, 2.05) is 0 Å². The number of aryl methyl sites for hydroxylation is 1. The highest BCUT2D eigenvalue weighted by Crippen LogP contribution is 2.22. The quantitative estimate of drug-likeness (QED) is 0.598. The third kappa shape index (κ3) is 6.44. The minimum absolute atomic E-state index is 0.00927. The van der Waals surface area contributed by atoms with Crippen LogP contribution in [0.3, 0.4) is 0 Å². The number of anilines is 1. The minimum atomic E-state index is -3.74. The first-order valence-electron chi connectivity index (χ1n) is 9.45. The van der Waals surface area contributed by atoms with Crippen molar-refractivity contribution in [3.8, 4) is 0 Å². The summed E-state index contributed by atoms with van der Waals surface area (Å²) in [6.07, 6.45) is 2.18. The van der Waals surface area contributed by atoms with Crippen LogP contribution in [0.4, 0.5) is 5.69 Å². The van der Waals surface area contributed by atoms with Gasteiger partial charge in [-0.2, -0.15) is 0 Å². The van der Waals surface area contributed by atoms with Gasteiger partial charge in [-0.15, -0.1) is 0 Å². The Hall–Kier alpha value is -2.22. The van der Waals surface area contributed by atoms with Crippen LogP contribution < -0.4 is 15.8 Å². The van der Waals surface area contributed by atoms with Gasteiger partial charge in [0.2, 0.25) is 15.9 Å².